The van der Waals surface area contributed by atoms with E-state index in [2.05, 4.69) is 0 Å². The number of aliphatic hydroxyl groups excluding tert-OH is 1. The Morgan fingerprint density at radius 1 is 1.15 bits per heavy atom. The molecule has 1 saturated heterocycles. The fourth-order valence-electron chi connectivity index (χ4n) is 2.99. The number of aliphatic hydroxyl groups is 1. The Morgan fingerprint density at radius 2 is 1.76 bits per heavy atom. The second-order valence-corrected chi connectivity index (χ2v) is 7.76. The molecule has 1 heterocycles. The van der Waals surface area contributed by atoms with Gasteiger partial charge in [-0.2, -0.15) is 0 Å². The highest BCUT2D eigenvalue weighted by Gasteiger charge is 2.38. The standard InChI is InChI=1S/C22H33NO7.2C2H6/c1-14(12-23)21(26)30-19-11-18(24)22(29-16(19)3)28-15(2)9-10-20(25)27-13-17-7-5-4-6-8-17;2*1-2/h4-8,14-16,18-19,22,24H,9-13,23H2,1-3H3;2*1-2H3/t14?,15-,16?,18+,19-,22?;;/m1../s1. The molecule has 0 spiro atoms. The van der Waals surface area contributed by atoms with Gasteiger partial charge in [-0.25, -0.2) is 0 Å². The normalized spacial score (nSPS) is 23.2. The van der Waals surface area contributed by atoms with Crippen LogP contribution in [0.5, 0.6) is 0 Å². The van der Waals surface area contributed by atoms with E-state index in [1.54, 1.807) is 20.8 Å². The molecule has 1 aliphatic heterocycles. The number of esters is 2. The SMILES string of the molecule is CC.CC.CC(CN)C(=O)O[C@@H]1C[C@H](O)C(O[C@H](C)CCC(=O)OCc2ccccc2)OC1C. The lowest BCUT2D eigenvalue weighted by atomic mass is 10.0. The van der Waals surface area contributed by atoms with E-state index in [9.17, 15) is 14.7 Å². The maximum absolute atomic E-state index is 11.9. The van der Waals surface area contributed by atoms with E-state index in [4.69, 9.17) is 24.7 Å². The molecule has 196 valence electrons. The number of carbonyl (C=O) groups is 2. The topological polar surface area (TPSA) is 117 Å². The highest BCUT2D eigenvalue weighted by Crippen LogP contribution is 2.25. The Hall–Kier alpha value is -2.00. The number of hydrogen-bond donors (Lipinski definition) is 2. The zero-order valence-corrected chi connectivity index (χ0v) is 21.9. The molecule has 0 radical (unpaired) electrons. The number of nitrogens with two attached hydrogens (primary N) is 1. The predicted molar refractivity (Wildman–Crippen MR) is 132 cm³/mol. The summed E-state index contributed by atoms with van der Waals surface area (Å²) >= 11 is 0. The van der Waals surface area contributed by atoms with Gasteiger partial charge in [0.1, 0.15) is 18.8 Å². The summed E-state index contributed by atoms with van der Waals surface area (Å²) in [7, 11) is 0. The molecule has 1 fully saturated rings. The quantitative estimate of drug-likeness (QED) is 0.480. The van der Waals surface area contributed by atoms with Crippen molar-refractivity contribution in [2.75, 3.05) is 6.54 Å². The molecular weight excluding hydrogens is 438 g/mol. The second kappa shape index (κ2) is 18.3. The molecule has 1 aromatic rings. The third-order valence-corrected chi connectivity index (χ3v) is 5.05. The van der Waals surface area contributed by atoms with Gasteiger partial charge < -0.3 is 29.8 Å². The zero-order chi connectivity index (χ0) is 26.1. The van der Waals surface area contributed by atoms with Crippen LogP contribution >= 0.6 is 0 Å². The fourth-order valence-corrected chi connectivity index (χ4v) is 2.99. The van der Waals surface area contributed by atoms with Gasteiger partial charge in [-0.15, -0.1) is 0 Å². The Morgan fingerprint density at radius 3 is 2.35 bits per heavy atom. The molecule has 0 aliphatic carbocycles. The van der Waals surface area contributed by atoms with E-state index in [0.717, 1.165) is 5.56 Å². The molecule has 0 aromatic heterocycles. The molecule has 0 amide bonds. The van der Waals surface area contributed by atoms with Crippen LogP contribution in [-0.4, -0.2) is 54.3 Å². The smallest absolute Gasteiger partial charge is 0.310 e. The van der Waals surface area contributed by atoms with Crippen molar-refractivity contribution >= 4 is 11.9 Å². The van der Waals surface area contributed by atoms with E-state index in [0.29, 0.717) is 6.42 Å². The highest BCUT2D eigenvalue weighted by molar-refractivity contribution is 5.72. The Bertz CT molecular complexity index is 670. The van der Waals surface area contributed by atoms with Gasteiger partial charge in [0.25, 0.3) is 0 Å². The molecule has 1 aliphatic rings. The number of benzene rings is 1. The second-order valence-electron chi connectivity index (χ2n) is 7.76. The summed E-state index contributed by atoms with van der Waals surface area (Å²) in [6.07, 6.45) is -2.28. The number of hydrogen-bond acceptors (Lipinski definition) is 8. The first-order valence-corrected chi connectivity index (χ1v) is 12.4. The minimum absolute atomic E-state index is 0.195. The van der Waals surface area contributed by atoms with Crippen LogP contribution in [0.2, 0.25) is 0 Å². The van der Waals surface area contributed by atoms with Crippen LogP contribution in [0.15, 0.2) is 30.3 Å². The number of rotatable bonds is 10. The number of carbonyl (C=O) groups excluding carboxylic acids is 2. The fraction of sp³-hybridized carbons (Fsp3) is 0.692. The van der Waals surface area contributed by atoms with Gasteiger partial charge >= 0.3 is 11.9 Å². The summed E-state index contributed by atoms with van der Waals surface area (Å²) in [5, 5.41) is 10.3. The molecule has 0 saturated carbocycles. The van der Waals surface area contributed by atoms with Crippen LogP contribution in [0.3, 0.4) is 0 Å². The minimum Gasteiger partial charge on any atom is -0.461 e. The van der Waals surface area contributed by atoms with Crippen LogP contribution in [0.4, 0.5) is 0 Å². The van der Waals surface area contributed by atoms with Crippen LogP contribution < -0.4 is 5.73 Å². The predicted octanol–water partition coefficient (Wildman–Crippen LogP) is 3.97. The maximum atomic E-state index is 11.9. The van der Waals surface area contributed by atoms with Gasteiger partial charge in [0.2, 0.25) is 0 Å². The van der Waals surface area contributed by atoms with Gasteiger partial charge in [0.05, 0.1) is 18.1 Å². The van der Waals surface area contributed by atoms with Crippen molar-refractivity contribution in [3.8, 4) is 0 Å². The number of ether oxygens (including phenoxy) is 4. The van der Waals surface area contributed by atoms with E-state index in [1.807, 2.05) is 58.0 Å². The molecule has 8 nitrogen and oxygen atoms in total. The largest absolute Gasteiger partial charge is 0.461 e. The average molecular weight is 484 g/mol. The first kappa shape index (κ1) is 32.0. The van der Waals surface area contributed by atoms with E-state index >= 15 is 0 Å². The van der Waals surface area contributed by atoms with Gasteiger partial charge in [-0.1, -0.05) is 65.0 Å². The molecule has 0 bridgehead atoms. The molecule has 3 unspecified atom stereocenters. The summed E-state index contributed by atoms with van der Waals surface area (Å²) in [5.41, 5.74) is 6.41. The van der Waals surface area contributed by atoms with Crippen molar-refractivity contribution in [1.82, 2.24) is 0 Å². The van der Waals surface area contributed by atoms with Crippen molar-refractivity contribution in [3.63, 3.8) is 0 Å². The van der Waals surface area contributed by atoms with Crippen LogP contribution in [0, 0.1) is 5.92 Å². The first-order chi connectivity index (χ1) is 16.3. The van der Waals surface area contributed by atoms with Crippen molar-refractivity contribution in [1.29, 1.82) is 0 Å². The lowest BCUT2D eigenvalue weighted by molar-refractivity contribution is -0.276. The molecule has 8 heteroatoms. The van der Waals surface area contributed by atoms with Gasteiger partial charge in [-0.3, -0.25) is 9.59 Å². The summed E-state index contributed by atoms with van der Waals surface area (Å²) in [4.78, 5) is 23.9. The monoisotopic (exact) mass is 483 g/mol. The average Bonchev–Trinajstić information content (AvgIpc) is 2.87. The van der Waals surface area contributed by atoms with Gasteiger partial charge in [-0.05, 0) is 25.8 Å². The van der Waals surface area contributed by atoms with Crippen LogP contribution in [-0.2, 0) is 35.1 Å². The minimum atomic E-state index is -0.945. The Kier molecular flexibility index (Phi) is 17.3. The van der Waals surface area contributed by atoms with Crippen molar-refractivity contribution in [2.45, 2.75) is 105 Å². The summed E-state index contributed by atoms with van der Waals surface area (Å²) in [6.45, 7) is 13.7. The zero-order valence-electron chi connectivity index (χ0n) is 21.9. The molecule has 1 aromatic carbocycles. The van der Waals surface area contributed by atoms with Gasteiger partial charge in [0, 0.05) is 19.4 Å². The third-order valence-electron chi connectivity index (χ3n) is 5.05. The van der Waals surface area contributed by atoms with E-state index in [-0.39, 0.29) is 38.1 Å². The lowest BCUT2D eigenvalue weighted by Crippen LogP contribution is -2.50. The summed E-state index contributed by atoms with van der Waals surface area (Å²) in [6, 6.07) is 9.46. The van der Waals surface area contributed by atoms with E-state index < -0.39 is 36.5 Å². The van der Waals surface area contributed by atoms with Crippen molar-refractivity contribution < 1.29 is 33.6 Å². The Balaban J connectivity index is 0.00000258. The van der Waals surface area contributed by atoms with Gasteiger partial charge in [0.15, 0.2) is 6.29 Å². The lowest BCUT2D eigenvalue weighted by Gasteiger charge is -2.38. The molecule has 6 atom stereocenters. The highest BCUT2D eigenvalue weighted by atomic mass is 16.7. The van der Waals surface area contributed by atoms with Crippen LogP contribution in [0.25, 0.3) is 0 Å². The van der Waals surface area contributed by atoms with Crippen molar-refractivity contribution in [3.05, 3.63) is 35.9 Å². The van der Waals surface area contributed by atoms with Crippen molar-refractivity contribution in [2.24, 2.45) is 11.7 Å². The third kappa shape index (κ3) is 11.9. The maximum Gasteiger partial charge on any atom is 0.310 e. The van der Waals surface area contributed by atoms with E-state index in [1.165, 1.54) is 0 Å². The summed E-state index contributed by atoms with van der Waals surface area (Å²) in [5.74, 6) is -1.13. The summed E-state index contributed by atoms with van der Waals surface area (Å²) < 4.78 is 22.1. The molecule has 2 rings (SSSR count). The molecule has 34 heavy (non-hydrogen) atoms. The Labute approximate surface area is 205 Å². The molecule has 3 N–H and O–H groups in total. The van der Waals surface area contributed by atoms with Crippen LogP contribution in [0.1, 0.15) is 73.3 Å². The first-order valence-electron chi connectivity index (χ1n) is 12.4. The molecular formula is C26H45NO7.